The fourth-order valence-electron chi connectivity index (χ4n) is 3.95. The molecule has 0 bridgehead atoms. The first-order valence-electron chi connectivity index (χ1n) is 12.4. The zero-order chi connectivity index (χ0) is 27.8. The number of carbonyl (C=O) groups is 1. The Bertz CT molecular complexity index is 1250. The maximum Gasteiger partial charge on any atom is 0.257 e. The van der Waals surface area contributed by atoms with E-state index < -0.39 is 11.0 Å². The molecule has 1 aliphatic rings. The lowest BCUT2D eigenvalue weighted by Gasteiger charge is -2.35. The van der Waals surface area contributed by atoms with Crippen molar-refractivity contribution in [1.29, 1.82) is 0 Å². The summed E-state index contributed by atoms with van der Waals surface area (Å²) in [7, 11) is 0.483. The van der Waals surface area contributed by atoms with Crippen LogP contribution in [0.15, 0.2) is 65.6 Å². The monoisotopic (exact) mass is 592 g/mol. The van der Waals surface area contributed by atoms with E-state index in [-0.39, 0.29) is 5.91 Å². The summed E-state index contributed by atoms with van der Waals surface area (Å²) in [6.07, 6.45) is 1.59. The predicted molar refractivity (Wildman–Crippen MR) is 165 cm³/mol. The smallest absolute Gasteiger partial charge is 0.257 e. The molecule has 3 aromatic carbocycles. The van der Waals surface area contributed by atoms with Gasteiger partial charge in [-0.2, -0.15) is 0 Å². The van der Waals surface area contributed by atoms with Crippen molar-refractivity contribution in [2.45, 2.75) is 25.7 Å². The lowest BCUT2D eigenvalue weighted by molar-refractivity contribution is 0.102. The third kappa shape index (κ3) is 8.13. The van der Waals surface area contributed by atoms with Gasteiger partial charge in [0.2, 0.25) is 0 Å². The largest absolute Gasteiger partial charge is 0.369 e. The summed E-state index contributed by atoms with van der Waals surface area (Å²) in [6.45, 7) is 9.49. The maximum atomic E-state index is 13.0. The Morgan fingerprint density at radius 1 is 0.947 bits per heavy atom. The van der Waals surface area contributed by atoms with Gasteiger partial charge in [0.1, 0.15) is 11.0 Å². The minimum atomic E-state index is -1.23. The zero-order valence-electron chi connectivity index (χ0n) is 22.3. The van der Waals surface area contributed by atoms with Crippen LogP contribution in [0.3, 0.4) is 0 Å². The van der Waals surface area contributed by atoms with Crippen LogP contribution in [0, 0.1) is 6.92 Å². The Morgan fingerprint density at radius 2 is 1.55 bits per heavy atom. The number of amides is 1. The predicted octanol–water partition coefficient (Wildman–Crippen LogP) is 7.14. The number of aryl methyl sites for hydroxylation is 1. The maximum absolute atomic E-state index is 13.0. The molecule has 1 unspecified atom stereocenters. The second-order valence-corrected chi connectivity index (χ2v) is 12.0. The van der Waals surface area contributed by atoms with Crippen LogP contribution >= 0.6 is 35.1 Å². The summed E-state index contributed by atoms with van der Waals surface area (Å²) in [6, 6.07) is 19.0. The van der Waals surface area contributed by atoms with E-state index in [9.17, 15) is 9.00 Å². The van der Waals surface area contributed by atoms with E-state index in [1.165, 1.54) is 0 Å². The van der Waals surface area contributed by atoms with Gasteiger partial charge in [0.05, 0.1) is 11.3 Å². The van der Waals surface area contributed by atoms with Gasteiger partial charge in [-0.25, -0.2) is 8.51 Å². The molecule has 0 spiro atoms. The molecule has 1 heterocycles. The fourth-order valence-corrected chi connectivity index (χ4v) is 5.80. The molecule has 0 radical (unpaired) electrons. The van der Waals surface area contributed by atoms with Crippen molar-refractivity contribution in [3.63, 3.8) is 0 Å². The third-order valence-electron chi connectivity index (χ3n) is 5.92. The van der Waals surface area contributed by atoms with Crippen LogP contribution in [0.1, 0.15) is 29.8 Å². The van der Waals surface area contributed by atoms with Gasteiger partial charge in [-0.3, -0.25) is 9.10 Å². The molecule has 0 aliphatic carbocycles. The minimum absolute atomic E-state index is 0.233. The van der Waals surface area contributed by atoms with E-state index in [1.54, 1.807) is 35.6 Å². The topological polar surface area (TPSA) is 55.9 Å². The van der Waals surface area contributed by atoms with Crippen LogP contribution in [0.25, 0.3) is 0 Å². The van der Waals surface area contributed by atoms with E-state index in [4.69, 9.17) is 23.2 Å². The summed E-state index contributed by atoms with van der Waals surface area (Å²) in [5.74, 6) is -0.233. The molecule has 4 rings (SSSR count). The molecule has 38 heavy (non-hydrogen) atoms. The summed E-state index contributed by atoms with van der Waals surface area (Å²) >= 11 is 14.0. The second-order valence-electron chi connectivity index (χ2n) is 8.56. The number of hydrogen-bond acceptors (Lipinski definition) is 5. The van der Waals surface area contributed by atoms with E-state index in [0.717, 1.165) is 42.3 Å². The number of rotatable bonds is 7. The number of anilines is 3. The van der Waals surface area contributed by atoms with E-state index in [2.05, 4.69) is 14.5 Å². The highest BCUT2D eigenvalue weighted by atomic mass is 35.5. The summed E-state index contributed by atoms with van der Waals surface area (Å²) in [5.41, 5.74) is 3.84. The van der Waals surface area contributed by atoms with Crippen LogP contribution < -0.4 is 14.5 Å². The van der Waals surface area contributed by atoms with Crippen molar-refractivity contribution < 1.29 is 9.00 Å². The summed E-state index contributed by atoms with van der Waals surface area (Å²) in [5, 5.41) is 4.26. The zero-order valence-corrected chi connectivity index (χ0v) is 25.5. The first kappa shape index (κ1) is 30.3. The number of halogens is 2. The van der Waals surface area contributed by atoms with Crippen molar-refractivity contribution in [2.75, 3.05) is 54.0 Å². The van der Waals surface area contributed by atoms with Gasteiger partial charge in [0.25, 0.3) is 5.91 Å². The molecule has 1 saturated heterocycles. The lowest BCUT2D eigenvalue weighted by atomic mass is 10.1. The Kier molecular flexibility index (Phi) is 11.4. The van der Waals surface area contributed by atoms with Crippen molar-refractivity contribution in [2.24, 2.45) is 0 Å². The first-order valence-corrected chi connectivity index (χ1v) is 15.5. The molecule has 1 fully saturated rings. The van der Waals surface area contributed by atoms with Gasteiger partial charge in [0, 0.05) is 65.8 Å². The number of piperazine rings is 1. The number of nitrogens with zero attached hydrogens (tertiary/aromatic N) is 3. The van der Waals surface area contributed by atoms with E-state index in [1.807, 2.05) is 75.4 Å². The molecule has 10 heteroatoms. The highest BCUT2D eigenvalue weighted by molar-refractivity contribution is 7.97. The normalized spacial score (nSPS) is 14.3. The quantitative estimate of drug-likeness (QED) is 0.295. The van der Waals surface area contributed by atoms with Crippen molar-refractivity contribution in [1.82, 2.24) is 4.31 Å². The Hall–Kier alpha value is -2.23. The SMILES string of the molecule is CC.Cc1ccc(N(C)S(C)=O)c(C(=O)Nc2ccc(SN3CCN(c4cc(Cl)cc(Cl)c4)CC3)cc2)c1. The van der Waals surface area contributed by atoms with Crippen molar-refractivity contribution in [3.05, 3.63) is 81.8 Å². The number of carbonyl (C=O) groups excluding carboxylic acids is 1. The van der Waals surface area contributed by atoms with Crippen LogP contribution in [0.2, 0.25) is 10.0 Å². The molecular weight excluding hydrogens is 559 g/mol. The van der Waals surface area contributed by atoms with Gasteiger partial charge >= 0.3 is 0 Å². The highest BCUT2D eigenvalue weighted by Gasteiger charge is 2.20. The Labute approximate surface area is 243 Å². The minimum Gasteiger partial charge on any atom is -0.369 e. The van der Waals surface area contributed by atoms with Crippen LogP contribution in [0.4, 0.5) is 17.1 Å². The molecule has 1 atom stereocenters. The van der Waals surface area contributed by atoms with Crippen molar-refractivity contribution in [3.8, 4) is 0 Å². The van der Waals surface area contributed by atoms with Gasteiger partial charge in [0.15, 0.2) is 0 Å². The Morgan fingerprint density at radius 3 is 2.13 bits per heavy atom. The molecule has 0 saturated carbocycles. The van der Waals surface area contributed by atoms with Gasteiger partial charge < -0.3 is 10.2 Å². The molecule has 3 aromatic rings. The molecular formula is C28H34Cl2N4O2S2. The second kappa shape index (κ2) is 14.2. The summed E-state index contributed by atoms with van der Waals surface area (Å²) < 4.78 is 15.9. The van der Waals surface area contributed by atoms with E-state index in [0.29, 0.717) is 27.0 Å². The molecule has 1 aliphatic heterocycles. The standard InChI is InChI=1S/C26H28Cl2N4O2S2.C2H6/c1-18-4-9-25(30(2)36(3)34)24(14-18)26(33)29-21-5-7-23(8-6-21)35-32-12-10-31(11-13-32)22-16-19(27)15-20(28)17-22;1-2/h4-9,14-17H,10-13H2,1-3H3,(H,29,33);1-2H3. The van der Waals surface area contributed by atoms with Crippen LogP contribution in [-0.4, -0.2) is 53.9 Å². The number of benzene rings is 3. The Balaban J connectivity index is 0.00000195. The fraction of sp³-hybridized carbons (Fsp3) is 0.321. The van der Waals surface area contributed by atoms with Crippen molar-refractivity contribution >= 4 is 69.1 Å². The highest BCUT2D eigenvalue weighted by Crippen LogP contribution is 2.30. The molecule has 6 nitrogen and oxygen atoms in total. The number of nitrogens with one attached hydrogen (secondary N) is 1. The molecule has 0 aromatic heterocycles. The molecule has 204 valence electrons. The van der Waals surface area contributed by atoms with E-state index >= 15 is 0 Å². The molecule has 1 N–H and O–H groups in total. The summed E-state index contributed by atoms with van der Waals surface area (Å²) in [4.78, 5) is 16.4. The third-order valence-corrected chi connectivity index (χ3v) is 8.43. The van der Waals surface area contributed by atoms with Crippen LogP contribution in [-0.2, 0) is 11.0 Å². The van der Waals surface area contributed by atoms with Crippen LogP contribution in [0.5, 0.6) is 0 Å². The lowest BCUT2D eigenvalue weighted by Crippen LogP contribution is -2.43. The average molecular weight is 594 g/mol. The van der Waals surface area contributed by atoms with Gasteiger partial charge in [-0.05, 0) is 73.5 Å². The average Bonchev–Trinajstić information content (AvgIpc) is 2.90. The van der Waals surface area contributed by atoms with Gasteiger partial charge in [-0.1, -0.05) is 48.7 Å². The molecule has 1 amide bonds. The van der Waals surface area contributed by atoms with Gasteiger partial charge in [-0.15, -0.1) is 0 Å². The first-order chi connectivity index (χ1) is 18.2. The number of hydrogen-bond donors (Lipinski definition) is 1.